The number of hydrogen-bond donors (Lipinski definition) is 1. The van der Waals surface area contributed by atoms with Gasteiger partial charge in [0.15, 0.2) is 0 Å². The van der Waals surface area contributed by atoms with Crippen molar-refractivity contribution in [3.63, 3.8) is 0 Å². The molecule has 150 valence electrons. The van der Waals surface area contributed by atoms with Gasteiger partial charge in [-0.15, -0.1) is 0 Å². The number of halogens is 1. The van der Waals surface area contributed by atoms with Gasteiger partial charge >= 0.3 is 0 Å². The summed E-state index contributed by atoms with van der Waals surface area (Å²) in [7, 11) is 0. The second-order valence-electron chi connectivity index (χ2n) is 7.66. The van der Waals surface area contributed by atoms with Gasteiger partial charge in [0.05, 0.1) is 6.42 Å². The van der Waals surface area contributed by atoms with Gasteiger partial charge in [0.1, 0.15) is 6.04 Å². The third kappa shape index (κ3) is 6.48. The summed E-state index contributed by atoms with van der Waals surface area (Å²) in [5, 5.41) is 2.91. The van der Waals surface area contributed by atoms with Crippen LogP contribution in [0.5, 0.6) is 0 Å². The molecule has 0 aliphatic carbocycles. The van der Waals surface area contributed by atoms with Gasteiger partial charge in [0.2, 0.25) is 11.8 Å². The van der Waals surface area contributed by atoms with E-state index in [2.05, 4.69) is 27.3 Å². The van der Waals surface area contributed by atoms with Gasteiger partial charge in [-0.2, -0.15) is 0 Å². The molecule has 1 atom stereocenters. The zero-order chi connectivity index (χ0) is 20.8. The van der Waals surface area contributed by atoms with E-state index in [4.69, 9.17) is 0 Å². The number of hydrogen-bond acceptors (Lipinski definition) is 2. The number of nitrogens with one attached hydrogen (secondary N) is 1. The Bertz CT molecular complexity index is 811. The van der Waals surface area contributed by atoms with Crippen molar-refractivity contribution < 1.29 is 9.59 Å². The van der Waals surface area contributed by atoms with Gasteiger partial charge in [0, 0.05) is 17.1 Å². The summed E-state index contributed by atoms with van der Waals surface area (Å²) in [6.45, 7) is 10.1. The average Bonchev–Trinajstić information content (AvgIpc) is 2.59. The Labute approximate surface area is 176 Å². The van der Waals surface area contributed by atoms with E-state index in [1.807, 2.05) is 64.1 Å². The van der Waals surface area contributed by atoms with Crippen LogP contribution in [0, 0.1) is 13.8 Å². The van der Waals surface area contributed by atoms with E-state index in [0.717, 1.165) is 26.7 Å². The molecule has 0 heterocycles. The normalized spacial score (nSPS) is 12.0. The monoisotopic (exact) mass is 444 g/mol. The number of carbonyl (C=O) groups is 2. The lowest BCUT2D eigenvalue weighted by Gasteiger charge is -2.29. The molecule has 0 saturated carbocycles. The highest BCUT2D eigenvalue weighted by Crippen LogP contribution is 2.17. The van der Waals surface area contributed by atoms with Crippen LogP contribution in [-0.4, -0.2) is 28.8 Å². The molecule has 0 aliphatic heterocycles. The van der Waals surface area contributed by atoms with Crippen LogP contribution in [0.3, 0.4) is 0 Å². The summed E-state index contributed by atoms with van der Waals surface area (Å²) in [6, 6.07) is 13.4. The Morgan fingerprint density at radius 2 is 1.54 bits per heavy atom. The predicted octanol–water partition coefficient (Wildman–Crippen LogP) is 4.55. The molecule has 0 unspecified atom stereocenters. The number of carbonyl (C=O) groups excluding carboxylic acids is 2. The van der Waals surface area contributed by atoms with Crippen molar-refractivity contribution in [2.24, 2.45) is 0 Å². The molecule has 0 saturated heterocycles. The standard InChI is InChI=1S/C23H29BrN2O2/c1-15(2)25-23(28)18(5)26(14-19-6-8-21(24)9-7-19)22(27)13-20-11-16(3)10-17(4)12-20/h6-12,15,18H,13-14H2,1-5H3,(H,25,28)/t18-/m0/s1. The van der Waals surface area contributed by atoms with E-state index in [1.54, 1.807) is 11.8 Å². The second kappa shape index (κ2) is 9.87. The summed E-state index contributed by atoms with van der Waals surface area (Å²) < 4.78 is 0.981. The van der Waals surface area contributed by atoms with Crippen LogP contribution >= 0.6 is 15.9 Å². The highest BCUT2D eigenvalue weighted by molar-refractivity contribution is 9.10. The predicted molar refractivity (Wildman–Crippen MR) is 117 cm³/mol. The summed E-state index contributed by atoms with van der Waals surface area (Å²) in [4.78, 5) is 27.4. The van der Waals surface area contributed by atoms with Crippen LogP contribution in [0.1, 0.15) is 43.0 Å². The quantitative estimate of drug-likeness (QED) is 0.680. The SMILES string of the molecule is Cc1cc(C)cc(CC(=O)N(Cc2ccc(Br)cc2)[C@@H](C)C(=O)NC(C)C)c1. The number of rotatable bonds is 7. The third-order valence-electron chi connectivity index (χ3n) is 4.50. The fourth-order valence-electron chi connectivity index (χ4n) is 3.22. The van der Waals surface area contributed by atoms with E-state index in [9.17, 15) is 9.59 Å². The lowest BCUT2D eigenvalue weighted by Crippen LogP contribution is -2.49. The maximum absolute atomic E-state index is 13.2. The van der Waals surface area contributed by atoms with Gasteiger partial charge in [0.25, 0.3) is 0 Å². The van der Waals surface area contributed by atoms with Crippen LogP contribution in [0.4, 0.5) is 0 Å². The number of nitrogens with zero attached hydrogens (tertiary/aromatic N) is 1. The zero-order valence-corrected chi connectivity index (χ0v) is 18.8. The summed E-state index contributed by atoms with van der Waals surface area (Å²) in [5.74, 6) is -0.194. The molecule has 1 N–H and O–H groups in total. The molecule has 0 bridgehead atoms. The van der Waals surface area contributed by atoms with Crippen molar-refractivity contribution in [2.45, 2.75) is 59.7 Å². The maximum Gasteiger partial charge on any atom is 0.242 e. The fraction of sp³-hybridized carbons (Fsp3) is 0.391. The Kier molecular flexibility index (Phi) is 7.81. The van der Waals surface area contributed by atoms with Crippen molar-refractivity contribution in [3.05, 3.63) is 69.2 Å². The maximum atomic E-state index is 13.2. The highest BCUT2D eigenvalue weighted by Gasteiger charge is 2.26. The van der Waals surface area contributed by atoms with Crippen LogP contribution < -0.4 is 5.32 Å². The summed E-state index contributed by atoms with van der Waals surface area (Å²) in [6.07, 6.45) is 0.276. The smallest absolute Gasteiger partial charge is 0.242 e. The Morgan fingerprint density at radius 1 is 0.964 bits per heavy atom. The van der Waals surface area contributed by atoms with Crippen LogP contribution in [0.2, 0.25) is 0 Å². The van der Waals surface area contributed by atoms with Crippen molar-refractivity contribution in [3.8, 4) is 0 Å². The average molecular weight is 445 g/mol. The van der Waals surface area contributed by atoms with E-state index in [1.165, 1.54) is 0 Å². The van der Waals surface area contributed by atoms with Gasteiger partial charge in [-0.05, 0) is 57.9 Å². The molecule has 2 aromatic rings. The first-order chi connectivity index (χ1) is 13.2. The molecule has 5 heteroatoms. The van der Waals surface area contributed by atoms with Crippen molar-refractivity contribution in [2.75, 3.05) is 0 Å². The Morgan fingerprint density at radius 3 is 2.07 bits per heavy atom. The van der Waals surface area contributed by atoms with Gasteiger partial charge in [-0.1, -0.05) is 57.4 Å². The molecule has 0 spiro atoms. The van der Waals surface area contributed by atoms with Gasteiger partial charge < -0.3 is 10.2 Å². The molecular weight excluding hydrogens is 416 g/mol. The summed E-state index contributed by atoms with van der Waals surface area (Å²) in [5.41, 5.74) is 4.22. The van der Waals surface area contributed by atoms with Crippen molar-refractivity contribution in [1.82, 2.24) is 10.2 Å². The van der Waals surface area contributed by atoms with Crippen LogP contribution in [0.25, 0.3) is 0 Å². The topological polar surface area (TPSA) is 49.4 Å². The lowest BCUT2D eigenvalue weighted by atomic mass is 10.0. The first kappa shape index (κ1) is 22.2. The largest absolute Gasteiger partial charge is 0.352 e. The Balaban J connectivity index is 2.25. The second-order valence-corrected chi connectivity index (χ2v) is 8.58. The molecule has 28 heavy (non-hydrogen) atoms. The van der Waals surface area contributed by atoms with Crippen molar-refractivity contribution in [1.29, 1.82) is 0 Å². The third-order valence-corrected chi connectivity index (χ3v) is 5.03. The van der Waals surface area contributed by atoms with Gasteiger partial charge in [-0.3, -0.25) is 9.59 Å². The van der Waals surface area contributed by atoms with E-state index in [0.29, 0.717) is 6.54 Å². The fourth-order valence-corrected chi connectivity index (χ4v) is 3.49. The van der Waals surface area contributed by atoms with E-state index >= 15 is 0 Å². The minimum Gasteiger partial charge on any atom is -0.352 e. The molecule has 2 aromatic carbocycles. The molecule has 2 rings (SSSR count). The van der Waals surface area contributed by atoms with E-state index in [-0.39, 0.29) is 24.3 Å². The number of amides is 2. The summed E-state index contributed by atoms with van der Waals surface area (Å²) >= 11 is 3.43. The van der Waals surface area contributed by atoms with E-state index < -0.39 is 6.04 Å². The molecule has 4 nitrogen and oxygen atoms in total. The van der Waals surface area contributed by atoms with Crippen molar-refractivity contribution >= 4 is 27.7 Å². The molecule has 0 fully saturated rings. The minimum atomic E-state index is -0.551. The molecule has 0 aromatic heterocycles. The first-order valence-corrected chi connectivity index (χ1v) is 10.4. The number of aryl methyl sites for hydroxylation is 2. The minimum absolute atomic E-state index is 0.0269. The zero-order valence-electron chi connectivity index (χ0n) is 17.3. The molecule has 0 aliphatic rings. The lowest BCUT2D eigenvalue weighted by molar-refractivity contribution is -0.140. The molecular formula is C23H29BrN2O2. The Hall–Kier alpha value is -2.14. The number of benzene rings is 2. The molecule has 2 amide bonds. The van der Waals surface area contributed by atoms with Gasteiger partial charge in [-0.25, -0.2) is 0 Å². The highest BCUT2D eigenvalue weighted by atomic mass is 79.9. The van der Waals surface area contributed by atoms with Crippen LogP contribution in [-0.2, 0) is 22.6 Å². The van der Waals surface area contributed by atoms with Crippen LogP contribution in [0.15, 0.2) is 46.9 Å². The molecule has 0 radical (unpaired) electrons. The first-order valence-electron chi connectivity index (χ1n) is 9.57.